The van der Waals surface area contributed by atoms with Gasteiger partial charge in [0.05, 0.1) is 5.75 Å². The Balaban J connectivity index is 1.45. The third-order valence-corrected chi connectivity index (χ3v) is 5.31. The van der Waals surface area contributed by atoms with Crippen LogP contribution in [0.3, 0.4) is 0 Å². The molecule has 156 valence electrons. The van der Waals surface area contributed by atoms with E-state index in [9.17, 15) is 14.4 Å². The zero-order valence-electron chi connectivity index (χ0n) is 17.0. The van der Waals surface area contributed by atoms with E-state index >= 15 is 0 Å². The van der Waals surface area contributed by atoms with Crippen LogP contribution in [0.1, 0.15) is 22.8 Å². The number of carbonyl (C=O) groups is 3. The molecule has 0 aromatic heterocycles. The fourth-order valence-corrected chi connectivity index (χ4v) is 3.39. The van der Waals surface area contributed by atoms with Gasteiger partial charge in [0.25, 0.3) is 0 Å². The zero-order valence-corrected chi connectivity index (χ0v) is 17.8. The average Bonchev–Trinajstić information content (AvgIpc) is 2.78. The summed E-state index contributed by atoms with van der Waals surface area (Å²) in [5.74, 6) is -0.108. The number of benzene rings is 3. The second-order valence-corrected chi connectivity index (χ2v) is 7.78. The number of anilines is 2. The number of amides is 2. The van der Waals surface area contributed by atoms with Gasteiger partial charge >= 0.3 is 0 Å². The summed E-state index contributed by atoms with van der Waals surface area (Å²) in [5, 5.41) is 5.62. The van der Waals surface area contributed by atoms with E-state index in [1.54, 1.807) is 42.5 Å². The number of rotatable bonds is 8. The van der Waals surface area contributed by atoms with Gasteiger partial charge in [-0.05, 0) is 67.1 Å². The number of hydrogen-bond acceptors (Lipinski definition) is 4. The lowest BCUT2D eigenvalue weighted by Crippen LogP contribution is -2.14. The number of Topliss-reactive ketones (excluding diaryl/α,β-unsaturated/α-hetero) is 1. The summed E-state index contributed by atoms with van der Waals surface area (Å²) in [6.45, 7) is 1.50. The molecule has 3 aromatic rings. The first-order chi connectivity index (χ1) is 15.0. The van der Waals surface area contributed by atoms with Gasteiger partial charge in [-0.3, -0.25) is 14.4 Å². The summed E-state index contributed by atoms with van der Waals surface area (Å²) >= 11 is 1.40. The lowest BCUT2D eigenvalue weighted by molar-refractivity contribution is -0.114. The normalized spacial score (nSPS) is 10.6. The second kappa shape index (κ2) is 10.9. The Kier molecular flexibility index (Phi) is 7.79. The van der Waals surface area contributed by atoms with Crippen LogP contribution in [0.4, 0.5) is 11.4 Å². The molecule has 3 aromatic carbocycles. The van der Waals surface area contributed by atoms with Crippen molar-refractivity contribution < 1.29 is 14.4 Å². The molecule has 0 aliphatic rings. The van der Waals surface area contributed by atoms with Gasteiger partial charge in [0.2, 0.25) is 11.8 Å². The summed E-state index contributed by atoms with van der Waals surface area (Å²) in [7, 11) is 0. The number of thioether (sulfide) groups is 1. The Bertz CT molecular complexity index is 1080. The largest absolute Gasteiger partial charge is 0.325 e. The molecule has 0 aliphatic carbocycles. The standard InChI is InChI=1S/C25H22N2O3S/c1-18(28)20-8-10-21(11-9-20)27-25(30)17-31-23-14-12-22(13-15-23)26-24(29)16-7-19-5-3-2-4-6-19/h2-16H,17H2,1H3,(H,26,29)(H,27,30)/b16-7+. The third-order valence-electron chi connectivity index (χ3n) is 4.29. The minimum atomic E-state index is -0.209. The monoisotopic (exact) mass is 430 g/mol. The van der Waals surface area contributed by atoms with Crippen LogP contribution >= 0.6 is 11.8 Å². The first-order valence-corrected chi connectivity index (χ1v) is 10.7. The van der Waals surface area contributed by atoms with Gasteiger partial charge in [0, 0.05) is 27.9 Å². The minimum absolute atomic E-state index is 0.0136. The highest BCUT2D eigenvalue weighted by Gasteiger charge is 2.06. The third kappa shape index (κ3) is 7.28. The molecule has 0 aliphatic heterocycles. The van der Waals surface area contributed by atoms with E-state index in [2.05, 4.69) is 10.6 Å². The van der Waals surface area contributed by atoms with Gasteiger partial charge in [0.1, 0.15) is 0 Å². The summed E-state index contributed by atoms with van der Waals surface area (Å²) in [5.41, 5.74) is 2.90. The van der Waals surface area contributed by atoms with Gasteiger partial charge < -0.3 is 10.6 Å². The molecule has 0 fully saturated rings. The molecule has 0 spiro atoms. The Hall–Kier alpha value is -3.64. The van der Waals surface area contributed by atoms with E-state index in [0.29, 0.717) is 16.9 Å². The summed E-state index contributed by atoms with van der Waals surface area (Å²) in [4.78, 5) is 36.4. The fraction of sp³-hybridized carbons (Fsp3) is 0.0800. The Morgan fingerprint density at radius 2 is 1.42 bits per heavy atom. The van der Waals surface area contributed by atoms with Crippen LogP contribution in [0.15, 0.2) is 89.8 Å². The molecule has 0 saturated heterocycles. The Labute approximate surface area is 185 Å². The van der Waals surface area contributed by atoms with Crippen molar-refractivity contribution in [2.75, 3.05) is 16.4 Å². The molecule has 6 heteroatoms. The lowest BCUT2D eigenvalue weighted by Gasteiger charge is -2.07. The van der Waals surface area contributed by atoms with E-state index < -0.39 is 0 Å². The first-order valence-electron chi connectivity index (χ1n) is 9.67. The molecule has 2 amide bonds. The van der Waals surface area contributed by atoms with Crippen molar-refractivity contribution in [3.8, 4) is 0 Å². The summed E-state index contributed by atoms with van der Waals surface area (Å²) in [6.07, 6.45) is 3.25. The maximum absolute atomic E-state index is 12.1. The number of ketones is 1. The van der Waals surface area contributed by atoms with Crippen LogP contribution in [0.25, 0.3) is 6.08 Å². The predicted molar refractivity (Wildman–Crippen MR) is 126 cm³/mol. The van der Waals surface area contributed by atoms with Crippen LogP contribution in [0.2, 0.25) is 0 Å². The molecule has 0 unspecified atom stereocenters. The number of nitrogens with one attached hydrogen (secondary N) is 2. The smallest absolute Gasteiger partial charge is 0.248 e. The molecule has 3 rings (SSSR count). The second-order valence-electron chi connectivity index (χ2n) is 6.73. The number of hydrogen-bond donors (Lipinski definition) is 2. The van der Waals surface area contributed by atoms with Crippen molar-refractivity contribution in [1.82, 2.24) is 0 Å². The molecular weight excluding hydrogens is 408 g/mol. The Morgan fingerprint density at radius 1 is 0.806 bits per heavy atom. The van der Waals surface area contributed by atoms with Gasteiger partial charge in [-0.1, -0.05) is 30.3 Å². The van der Waals surface area contributed by atoms with Gasteiger partial charge in [-0.25, -0.2) is 0 Å². The Morgan fingerprint density at radius 3 is 2.06 bits per heavy atom. The molecule has 0 heterocycles. The van der Waals surface area contributed by atoms with Crippen LogP contribution < -0.4 is 10.6 Å². The molecular formula is C25H22N2O3S. The minimum Gasteiger partial charge on any atom is -0.325 e. The molecule has 0 bridgehead atoms. The first kappa shape index (κ1) is 22.1. The fourth-order valence-electron chi connectivity index (χ4n) is 2.69. The van der Waals surface area contributed by atoms with Crippen molar-refractivity contribution in [3.63, 3.8) is 0 Å². The van der Waals surface area contributed by atoms with Crippen molar-refractivity contribution in [1.29, 1.82) is 0 Å². The molecule has 5 nitrogen and oxygen atoms in total. The highest BCUT2D eigenvalue weighted by Crippen LogP contribution is 2.21. The summed E-state index contributed by atoms with van der Waals surface area (Å²) in [6, 6.07) is 23.7. The van der Waals surface area contributed by atoms with Crippen LogP contribution in [-0.4, -0.2) is 23.4 Å². The average molecular weight is 431 g/mol. The van der Waals surface area contributed by atoms with E-state index in [1.807, 2.05) is 42.5 Å². The van der Waals surface area contributed by atoms with Gasteiger partial charge in [-0.15, -0.1) is 11.8 Å². The quantitative estimate of drug-likeness (QED) is 0.290. The topological polar surface area (TPSA) is 75.3 Å². The van der Waals surface area contributed by atoms with Crippen LogP contribution in [0, 0.1) is 0 Å². The van der Waals surface area contributed by atoms with Crippen molar-refractivity contribution in [3.05, 3.63) is 96.1 Å². The molecule has 0 saturated carbocycles. The van der Waals surface area contributed by atoms with E-state index in [4.69, 9.17) is 0 Å². The molecule has 31 heavy (non-hydrogen) atoms. The molecule has 0 atom stereocenters. The highest BCUT2D eigenvalue weighted by molar-refractivity contribution is 8.00. The van der Waals surface area contributed by atoms with Crippen molar-refractivity contribution >= 4 is 46.8 Å². The highest BCUT2D eigenvalue weighted by atomic mass is 32.2. The van der Waals surface area contributed by atoms with Gasteiger partial charge in [0.15, 0.2) is 5.78 Å². The molecule has 0 radical (unpaired) electrons. The summed E-state index contributed by atoms with van der Waals surface area (Å²) < 4.78 is 0. The van der Waals surface area contributed by atoms with Crippen molar-refractivity contribution in [2.24, 2.45) is 0 Å². The van der Waals surface area contributed by atoms with E-state index in [0.717, 1.165) is 10.5 Å². The zero-order chi connectivity index (χ0) is 22.1. The van der Waals surface area contributed by atoms with Crippen molar-refractivity contribution in [2.45, 2.75) is 11.8 Å². The SMILES string of the molecule is CC(=O)c1ccc(NC(=O)CSc2ccc(NC(=O)/C=C/c3ccccc3)cc2)cc1. The maximum atomic E-state index is 12.1. The van der Waals surface area contributed by atoms with E-state index in [1.165, 1.54) is 24.8 Å². The van der Waals surface area contributed by atoms with Crippen LogP contribution in [0.5, 0.6) is 0 Å². The lowest BCUT2D eigenvalue weighted by atomic mass is 10.1. The molecule has 2 N–H and O–H groups in total. The van der Waals surface area contributed by atoms with E-state index in [-0.39, 0.29) is 23.4 Å². The number of carbonyl (C=O) groups excluding carboxylic acids is 3. The predicted octanol–water partition coefficient (Wildman–Crippen LogP) is 5.27. The van der Waals surface area contributed by atoms with Crippen LogP contribution in [-0.2, 0) is 9.59 Å². The maximum Gasteiger partial charge on any atom is 0.248 e. The van der Waals surface area contributed by atoms with Gasteiger partial charge in [-0.2, -0.15) is 0 Å².